The Bertz CT molecular complexity index is 715. The molecule has 22 heavy (non-hydrogen) atoms. The van der Waals surface area contributed by atoms with E-state index in [0.29, 0.717) is 17.1 Å². The number of hydrogen-bond donors (Lipinski definition) is 0. The average molecular weight is 296 g/mol. The molecule has 0 aromatic heterocycles. The molecule has 0 aliphatic rings. The second-order valence-corrected chi connectivity index (χ2v) is 5.11. The van der Waals surface area contributed by atoms with Gasteiger partial charge >= 0.3 is 0 Å². The summed E-state index contributed by atoms with van der Waals surface area (Å²) in [4.78, 5) is 12.3. The van der Waals surface area contributed by atoms with Crippen LogP contribution in [-0.4, -0.2) is 20.0 Å². The van der Waals surface area contributed by atoms with Crippen molar-refractivity contribution in [3.05, 3.63) is 64.7 Å². The van der Waals surface area contributed by atoms with Gasteiger partial charge in [0.15, 0.2) is 17.3 Å². The van der Waals surface area contributed by atoms with E-state index in [9.17, 15) is 4.79 Å². The lowest BCUT2D eigenvalue weighted by Crippen LogP contribution is -1.97. The quantitative estimate of drug-likeness (QED) is 0.612. The zero-order valence-corrected chi connectivity index (χ0v) is 13.3. The molecular weight excluding hydrogens is 276 g/mol. The van der Waals surface area contributed by atoms with Crippen molar-refractivity contribution in [3.8, 4) is 11.5 Å². The Morgan fingerprint density at radius 2 is 1.64 bits per heavy atom. The summed E-state index contributed by atoms with van der Waals surface area (Å²) in [7, 11) is 3.12. The standard InChI is InChI=1S/C19H20O3/c1-13-5-6-15(11-14(13)2)7-9-17(20)16-8-10-18(21-3)19(12-16)22-4/h5-12H,1-4H3/b9-7-. The van der Waals surface area contributed by atoms with E-state index in [4.69, 9.17) is 9.47 Å². The van der Waals surface area contributed by atoms with Crippen LogP contribution in [0, 0.1) is 13.8 Å². The van der Waals surface area contributed by atoms with Gasteiger partial charge in [-0.25, -0.2) is 0 Å². The van der Waals surface area contributed by atoms with E-state index in [1.165, 1.54) is 11.1 Å². The average Bonchev–Trinajstić information content (AvgIpc) is 2.54. The number of benzene rings is 2. The molecule has 0 atom stereocenters. The van der Waals surface area contributed by atoms with E-state index in [1.807, 2.05) is 12.1 Å². The van der Waals surface area contributed by atoms with Crippen molar-refractivity contribution in [1.82, 2.24) is 0 Å². The van der Waals surface area contributed by atoms with Gasteiger partial charge in [0.05, 0.1) is 14.2 Å². The Morgan fingerprint density at radius 1 is 0.909 bits per heavy atom. The van der Waals surface area contributed by atoms with Crippen LogP contribution in [0.25, 0.3) is 6.08 Å². The second kappa shape index (κ2) is 6.94. The molecule has 0 unspecified atom stereocenters. The zero-order valence-electron chi connectivity index (χ0n) is 13.3. The summed E-state index contributed by atoms with van der Waals surface area (Å²) in [5, 5.41) is 0. The number of hydrogen-bond acceptors (Lipinski definition) is 3. The number of aryl methyl sites for hydroxylation is 2. The van der Waals surface area contributed by atoms with Gasteiger partial charge < -0.3 is 9.47 Å². The number of rotatable bonds is 5. The summed E-state index contributed by atoms with van der Waals surface area (Å²) < 4.78 is 10.4. The molecule has 3 nitrogen and oxygen atoms in total. The topological polar surface area (TPSA) is 35.5 Å². The van der Waals surface area contributed by atoms with Crippen LogP contribution in [-0.2, 0) is 0 Å². The first-order valence-electron chi connectivity index (χ1n) is 7.07. The Balaban J connectivity index is 2.21. The van der Waals surface area contributed by atoms with Crippen molar-refractivity contribution in [2.24, 2.45) is 0 Å². The van der Waals surface area contributed by atoms with Gasteiger partial charge in [-0.05, 0) is 54.8 Å². The van der Waals surface area contributed by atoms with Crippen LogP contribution in [0.5, 0.6) is 11.5 Å². The van der Waals surface area contributed by atoms with E-state index >= 15 is 0 Å². The van der Waals surface area contributed by atoms with E-state index in [1.54, 1.807) is 38.5 Å². The van der Waals surface area contributed by atoms with Crippen molar-refractivity contribution >= 4 is 11.9 Å². The summed E-state index contributed by atoms with van der Waals surface area (Å²) in [5.74, 6) is 1.09. The fraction of sp³-hybridized carbons (Fsp3) is 0.211. The summed E-state index contributed by atoms with van der Waals surface area (Å²) >= 11 is 0. The maximum absolute atomic E-state index is 12.3. The van der Waals surface area contributed by atoms with Gasteiger partial charge in [-0.1, -0.05) is 24.3 Å². The maximum Gasteiger partial charge on any atom is 0.185 e. The number of methoxy groups -OCH3 is 2. The van der Waals surface area contributed by atoms with E-state index in [0.717, 1.165) is 5.56 Å². The van der Waals surface area contributed by atoms with Crippen LogP contribution in [0.1, 0.15) is 27.0 Å². The predicted molar refractivity (Wildman–Crippen MR) is 88.8 cm³/mol. The van der Waals surface area contributed by atoms with Gasteiger partial charge in [0, 0.05) is 5.56 Å². The van der Waals surface area contributed by atoms with Crippen molar-refractivity contribution in [1.29, 1.82) is 0 Å². The first-order chi connectivity index (χ1) is 10.5. The molecule has 2 aromatic carbocycles. The molecule has 0 fully saturated rings. The second-order valence-electron chi connectivity index (χ2n) is 5.11. The van der Waals surface area contributed by atoms with Gasteiger partial charge in [-0.15, -0.1) is 0 Å². The highest BCUT2D eigenvalue weighted by atomic mass is 16.5. The Labute approximate surface area is 131 Å². The first kappa shape index (κ1) is 15.8. The zero-order chi connectivity index (χ0) is 16.1. The third-order valence-corrected chi connectivity index (χ3v) is 3.63. The number of carbonyl (C=O) groups excluding carboxylic acids is 1. The fourth-order valence-electron chi connectivity index (χ4n) is 2.13. The minimum atomic E-state index is -0.0702. The summed E-state index contributed by atoms with van der Waals surface area (Å²) in [6.07, 6.45) is 3.40. The largest absolute Gasteiger partial charge is 0.493 e. The van der Waals surface area contributed by atoms with Crippen molar-refractivity contribution in [2.45, 2.75) is 13.8 Å². The molecule has 114 valence electrons. The molecule has 0 aliphatic carbocycles. The van der Waals surface area contributed by atoms with E-state index < -0.39 is 0 Å². The summed E-state index contributed by atoms with van der Waals surface area (Å²) in [6, 6.07) is 11.3. The normalized spacial score (nSPS) is 10.7. The number of ketones is 1. The van der Waals surface area contributed by atoms with Gasteiger partial charge in [0.2, 0.25) is 0 Å². The molecule has 2 aromatic rings. The molecule has 0 heterocycles. The molecule has 2 rings (SSSR count). The van der Waals surface area contributed by atoms with Crippen molar-refractivity contribution < 1.29 is 14.3 Å². The molecular formula is C19H20O3. The highest BCUT2D eigenvalue weighted by Crippen LogP contribution is 2.27. The molecule has 0 bridgehead atoms. The number of carbonyl (C=O) groups is 1. The van der Waals surface area contributed by atoms with Crippen molar-refractivity contribution in [3.63, 3.8) is 0 Å². The molecule has 0 saturated heterocycles. The van der Waals surface area contributed by atoms with Crippen LogP contribution in [0.3, 0.4) is 0 Å². The maximum atomic E-state index is 12.3. The summed E-state index contributed by atoms with van der Waals surface area (Å²) in [6.45, 7) is 4.13. The van der Waals surface area contributed by atoms with Gasteiger partial charge in [-0.3, -0.25) is 4.79 Å². The minimum absolute atomic E-state index is 0.0702. The van der Waals surface area contributed by atoms with Gasteiger partial charge in [-0.2, -0.15) is 0 Å². The van der Waals surface area contributed by atoms with Gasteiger partial charge in [0.1, 0.15) is 0 Å². The van der Waals surface area contributed by atoms with Crippen LogP contribution in [0.4, 0.5) is 0 Å². The van der Waals surface area contributed by atoms with E-state index in [2.05, 4.69) is 26.0 Å². The smallest absolute Gasteiger partial charge is 0.185 e. The first-order valence-corrected chi connectivity index (χ1v) is 7.07. The fourth-order valence-corrected chi connectivity index (χ4v) is 2.13. The Morgan fingerprint density at radius 3 is 2.27 bits per heavy atom. The summed E-state index contributed by atoms with van der Waals surface area (Å²) in [5.41, 5.74) is 4.03. The van der Waals surface area contributed by atoms with Crippen LogP contribution >= 0.6 is 0 Å². The molecule has 0 N–H and O–H groups in total. The SMILES string of the molecule is COc1ccc(C(=O)/C=C\c2ccc(C)c(C)c2)cc1OC. The number of allylic oxidation sites excluding steroid dienone is 1. The van der Waals surface area contributed by atoms with Crippen LogP contribution < -0.4 is 9.47 Å². The Kier molecular flexibility index (Phi) is 4.99. The molecule has 0 saturated carbocycles. The highest BCUT2D eigenvalue weighted by Gasteiger charge is 2.08. The molecule has 0 aliphatic heterocycles. The Hall–Kier alpha value is -2.55. The molecule has 0 radical (unpaired) electrons. The molecule has 3 heteroatoms. The predicted octanol–water partition coefficient (Wildman–Crippen LogP) is 4.22. The lowest BCUT2D eigenvalue weighted by atomic mass is 10.0. The molecule has 0 spiro atoms. The van der Waals surface area contributed by atoms with E-state index in [-0.39, 0.29) is 5.78 Å². The van der Waals surface area contributed by atoms with Crippen LogP contribution in [0.15, 0.2) is 42.5 Å². The third-order valence-electron chi connectivity index (χ3n) is 3.63. The monoisotopic (exact) mass is 296 g/mol. The minimum Gasteiger partial charge on any atom is -0.493 e. The lowest BCUT2D eigenvalue weighted by Gasteiger charge is -2.08. The number of ether oxygens (including phenoxy) is 2. The molecule has 0 amide bonds. The lowest BCUT2D eigenvalue weighted by molar-refractivity contribution is 0.104. The highest BCUT2D eigenvalue weighted by molar-refractivity contribution is 6.07. The van der Waals surface area contributed by atoms with Crippen molar-refractivity contribution in [2.75, 3.05) is 14.2 Å². The van der Waals surface area contributed by atoms with Crippen LogP contribution in [0.2, 0.25) is 0 Å². The third kappa shape index (κ3) is 3.55. The van der Waals surface area contributed by atoms with Gasteiger partial charge in [0.25, 0.3) is 0 Å².